The molecular weight excluding hydrogens is 381 g/mol. The van der Waals surface area contributed by atoms with Gasteiger partial charge in [-0.1, -0.05) is 42.0 Å². The van der Waals surface area contributed by atoms with Gasteiger partial charge in [-0.25, -0.2) is 4.98 Å². The summed E-state index contributed by atoms with van der Waals surface area (Å²) in [4.78, 5) is 8.31. The minimum atomic E-state index is -4.37. The van der Waals surface area contributed by atoms with Gasteiger partial charge in [-0.3, -0.25) is 4.99 Å². The number of guanidine groups is 1. The summed E-state index contributed by atoms with van der Waals surface area (Å²) in [6.07, 6.45) is -2.71. The summed E-state index contributed by atoms with van der Waals surface area (Å²) in [6, 6.07) is 13.1. The maximum Gasteiger partial charge on any atom is 0.416 e. The number of halogens is 3. The van der Waals surface area contributed by atoms with Gasteiger partial charge in [0.25, 0.3) is 0 Å². The van der Waals surface area contributed by atoms with E-state index < -0.39 is 11.7 Å². The van der Waals surface area contributed by atoms with Crippen LogP contribution in [-0.2, 0) is 19.3 Å². The molecule has 0 bridgehead atoms. The molecule has 0 saturated carbocycles. The van der Waals surface area contributed by atoms with E-state index in [2.05, 4.69) is 20.6 Å². The van der Waals surface area contributed by atoms with Gasteiger partial charge < -0.3 is 15.1 Å². The second-order valence-corrected chi connectivity index (χ2v) is 6.46. The number of hydrogen-bond donors (Lipinski definition) is 2. The summed E-state index contributed by atoms with van der Waals surface area (Å²) in [5.41, 5.74) is 1.91. The normalized spacial score (nSPS) is 12.1. The Labute approximate surface area is 166 Å². The lowest BCUT2D eigenvalue weighted by Crippen LogP contribution is -2.36. The number of rotatable bonds is 5. The topological polar surface area (TPSA) is 62.5 Å². The number of alkyl halides is 3. The zero-order chi connectivity index (χ0) is 20.9. The van der Waals surface area contributed by atoms with E-state index in [0.29, 0.717) is 23.2 Å². The van der Waals surface area contributed by atoms with Crippen molar-refractivity contribution in [1.29, 1.82) is 0 Å². The summed E-state index contributed by atoms with van der Waals surface area (Å²) in [5.74, 6) is 1.56. The molecule has 0 radical (unpaired) electrons. The predicted molar refractivity (Wildman–Crippen MR) is 105 cm³/mol. The predicted octanol–water partition coefficient (Wildman–Crippen LogP) is 4.53. The molecule has 2 aromatic carbocycles. The molecule has 0 atom stereocenters. The molecule has 8 heteroatoms. The molecule has 152 valence electrons. The number of aryl methyl sites for hydroxylation is 1. The van der Waals surface area contributed by atoms with Gasteiger partial charge in [0.1, 0.15) is 0 Å². The zero-order valence-electron chi connectivity index (χ0n) is 16.0. The van der Waals surface area contributed by atoms with E-state index in [1.165, 1.54) is 6.07 Å². The van der Waals surface area contributed by atoms with E-state index in [1.807, 2.05) is 31.2 Å². The first-order chi connectivity index (χ1) is 13.8. The molecule has 0 unspecified atom stereocenters. The van der Waals surface area contributed by atoms with Crippen molar-refractivity contribution < 1.29 is 17.6 Å². The van der Waals surface area contributed by atoms with Gasteiger partial charge in [-0.05, 0) is 24.6 Å². The summed E-state index contributed by atoms with van der Waals surface area (Å²) >= 11 is 0. The minimum absolute atomic E-state index is 0.198. The van der Waals surface area contributed by atoms with Crippen LogP contribution in [0.3, 0.4) is 0 Å². The van der Waals surface area contributed by atoms with Crippen LogP contribution in [-0.4, -0.2) is 18.0 Å². The fraction of sp³-hybridized carbons (Fsp3) is 0.238. The molecule has 3 aromatic rings. The highest BCUT2D eigenvalue weighted by atomic mass is 19.4. The molecule has 5 nitrogen and oxygen atoms in total. The highest BCUT2D eigenvalue weighted by Crippen LogP contribution is 2.29. The van der Waals surface area contributed by atoms with Crippen LogP contribution in [0.2, 0.25) is 0 Å². The summed E-state index contributed by atoms with van der Waals surface area (Å²) in [6.45, 7) is 2.50. The fourth-order valence-electron chi connectivity index (χ4n) is 2.67. The molecule has 3 rings (SSSR count). The number of aromatic nitrogens is 1. The number of nitrogens with one attached hydrogen (secondary N) is 2. The zero-order valence-corrected chi connectivity index (χ0v) is 16.0. The molecule has 0 aliphatic rings. The van der Waals surface area contributed by atoms with E-state index in [-0.39, 0.29) is 13.1 Å². The minimum Gasteiger partial charge on any atom is -0.439 e. The first kappa shape index (κ1) is 20.4. The maximum atomic E-state index is 12.8. The van der Waals surface area contributed by atoms with Gasteiger partial charge in [0.2, 0.25) is 5.89 Å². The Balaban J connectivity index is 1.56. The van der Waals surface area contributed by atoms with Crippen molar-refractivity contribution >= 4 is 5.96 Å². The maximum absolute atomic E-state index is 12.8. The molecule has 0 aliphatic carbocycles. The Bertz CT molecular complexity index is 978. The third kappa shape index (κ3) is 5.60. The molecule has 2 N–H and O–H groups in total. The lowest BCUT2D eigenvalue weighted by atomic mass is 10.1. The van der Waals surface area contributed by atoms with Crippen molar-refractivity contribution in [2.24, 2.45) is 4.99 Å². The number of benzene rings is 2. The van der Waals surface area contributed by atoms with Gasteiger partial charge in [0.05, 0.1) is 18.3 Å². The fourth-order valence-corrected chi connectivity index (χ4v) is 2.67. The SMILES string of the molecule is CN=C(NCc1cccc(C(F)(F)F)c1)NCc1ncc(-c2ccc(C)cc2)o1. The van der Waals surface area contributed by atoms with Crippen molar-refractivity contribution in [3.8, 4) is 11.3 Å². The van der Waals surface area contributed by atoms with Crippen LogP contribution in [0, 0.1) is 6.92 Å². The second-order valence-electron chi connectivity index (χ2n) is 6.46. The van der Waals surface area contributed by atoms with Crippen LogP contribution < -0.4 is 10.6 Å². The first-order valence-corrected chi connectivity index (χ1v) is 8.97. The molecule has 1 aromatic heterocycles. The third-order valence-corrected chi connectivity index (χ3v) is 4.23. The molecular formula is C21H21F3N4O. The van der Waals surface area contributed by atoms with Crippen molar-refractivity contribution in [1.82, 2.24) is 15.6 Å². The van der Waals surface area contributed by atoms with E-state index >= 15 is 0 Å². The van der Waals surface area contributed by atoms with Gasteiger partial charge in [0.15, 0.2) is 11.7 Å². The summed E-state index contributed by atoms with van der Waals surface area (Å²) in [7, 11) is 1.58. The number of nitrogens with zero attached hydrogens (tertiary/aromatic N) is 2. The average Bonchev–Trinajstić information content (AvgIpc) is 3.17. The number of oxazole rings is 1. The largest absolute Gasteiger partial charge is 0.439 e. The van der Waals surface area contributed by atoms with Gasteiger partial charge in [-0.2, -0.15) is 13.2 Å². The average molecular weight is 402 g/mol. The Morgan fingerprint density at radius 2 is 1.79 bits per heavy atom. The molecule has 0 spiro atoms. The van der Waals surface area contributed by atoms with Crippen LogP contribution in [0.4, 0.5) is 13.2 Å². The molecule has 0 amide bonds. The van der Waals surface area contributed by atoms with Crippen molar-refractivity contribution in [2.75, 3.05) is 7.05 Å². The van der Waals surface area contributed by atoms with Crippen LogP contribution in [0.5, 0.6) is 0 Å². The molecule has 0 saturated heterocycles. The number of hydrogen-bond acceptors (Lipinski definition) is 3. The Morgan fingerprint density at radius 3 is 2.48 bits per heavy atom. The lowest BCUT2D eigenvalue weighted by Gasteiger charge is -2.12. The Hall–Kier alpha value is -3.29. The van der Waals surface area contributed by atoms with E-state index in [1.54, 1.807) is 19.3 Å². The van der Waals surface area contributed by atoms with Crippen LogP contribution in [0.15, 0.2) is 64.1 Å². The summed E-state index contributed by atoms with van der Waals surface area (Å²) < 4.78 is 44.2. The lowest BCUT2D eigenvalue weighted by molar-refractivity contribution is -0.137. The van der Waals surface area contributed by atoms with Crippen molar-refractivity contribution in [3.05, 3.63) is 77.3 Å². The second kappa shape index (κ2) is 8.81. The standard InChI is InChI=1S/C21H21F3N4O/c1-14-6-8-16(9-7-14)18-12-26-19(29-18)13-28-20(25-2)27-11-15-4-3-5-17(10-15)21(22,23)24/h3-10,12H,11,13H2,1-2H3,(H2,25,27,28). The molecule has 0 aliphatic heterocycles. The van der Waals surface area contributed by atoms with Gasteiger partial charge in [0, 0.05) is 19.2 Å². The highest BCUT2D eigenvalue weighted by molar-refractivity contribution is 5.79. The van der Waals surface area contributed by atoms with Crippen LogP contribution >= 0.6 is 0 Å². The highest BCUT2D eigenvalue weighted by Gasteiger charge is 2.30. The van der Waals surface area contributed by atoms with Crippen LogP contribution in [0.1, 0.15) is 22.6 Å². The number of aliphatic imine (C=N–C) groups is 1. The molecule has 29 heavy (non-hydrogen) atoms. The third-order valence-electron chi connectivity index (χ3n) is 4.23. The quantitative estimate of drug-likeness (QED) is 0.486. The van der Waals surface area contributed by atoms with Crippen molar-refractivity contribution in [2.45, 2.75) is 26.2 Å². The molecule has 0 fully saturated rings. The first-order valence-electron chi connectivity index (χ1n) is 8.97. The van der Waals surface area contributed by atoms with E-state index in [9.17, 15) is 13.2 Å². The van der Waals surface area contributed by atoms with Crippen LogP contribution in [0.25, 0.3) is 11.3 Å². The van der Waals surface area contributed by atoms with Crippen molar-refractivity contribution in [3.63, 3.8) is 0 Å². The van der Waals surface area contributed by atoms with E-state index in [0.717, 1.165) is 23.3 Å². The smallest absolute Gasteiger partial charge is 0.416 e. The van der Waals surface area contributed by atoms with Gasteiger partial charge >= 0.3 is 6.18 Å². The Morgan fingerprint density at radius 1 is 1.07 bits per heavy atom. The summed E-state index contributed by atoms with van der Waals surface area (Å²) in [5, 5.41) is 6.02. The van der Waals surface area contributed by atoms with Gasteiger partial charge in [-0.15, -0.1) is 0 Å². The monoisotopic (exact) mass is 402 g/mol. The molecule has 1 heterocycles. The Kier molecular flexibility index (Phi) is 6.21. The van der Waals surface area contributed by atoms with E-state index in [4.69, 9.17) is 4.42 Å².